The van der Waals surface area contributed by atoms with Crippen molar-refractivity contribution in [2.45, 2.75) is 6.61 Å². The molecule has 0 aliphatic rings. The van der Waals surface area contributed by atoms with Crippen molar-refractivity contribution in [1.82, 2.24) is 9.97 Å². The highest BCUT2D eigenvalue weighted by Gasteiger charge is 2.18. The van der Waals surface area contributed by atoms with E-state index in [4.69, 9.17) is 9.84 Å². The van der Waals surface area contributed by atoms with E-state index >= 15 is 0 Å². The minimum Gasteiger partial charge on any atom is -0.479 e. The standard InChI is InChI=1S/C12H9N3O5/c16-12(17)8-2-3-10(9(6-8)15(18)19)20-7-11-13-4-1-5-14-11/h1-6H,7H2,(H,16,17). The summed E-state index contributed by atoms with van der Waals surface area (Å²) >= 11 is 0. The van der Waals surface area contributed by atoms with Gasteiger partial charge in [0.2, 0.25) is 0 Å². The molecule has 1 aromatic heterocycles. The molecule has 1 heterocycles. The smallest absolute Gasteiger partial charge is 0.335 e. The normalized spacial score (nSPS) is 10.0. The molecule has 0 saturated heterocycles. The molecule has 0 radical (unpaired) electrons. The molecule has 0 spiro atoms. The molecule has 0 amide bonds. The molecule has 0 saturated carbocycles. The molecule has 0 aliphatic heterocycles. The summed E-state index contributed by atoms with van der Waals surface area (Å²) in [6.45, 7) is -0.0475. The van der Waals surface area contributed by atoms with Gasteiger partial charge in [0.05, 0.1) is 10.5 Å². The topological polar surface area (TPSA) is 115 Å². The van der Waals surface area contributed by atoms with E-state index in [0.717, 1.165) is 6.07 Å². The van der Waals surface area contributed by atoms with Crippen LogP contribution in [-0.2, 0) is 6.61 Å². The number of carboxylic acids is 1. The highest BCUT2D eigenvalue weighted by molar-refractivity contribution is 5.88. The number of carbonyl (C=O) groups is 1. The van der Waals surface area contributed by atoms with Crippen LogP contribution in [0.15, 0.2) is 36.7 Å². The van der Waals surface area contributed by atoms with Gasteiger partial charge in [0.25, 0.3) is 0 Å². The van der Waals surface area contributed by atoms with Gasteiger partial charge in [0.1, 0.15) is 6.61 Å². The first-order valence-electron chi connectivity index (χ1n) is 5.48. The summed E-state index contributed by atoms with van der Waals surface area (Å²) in [6, 6.07) is 5.05. The van der Waals surface area contributed by atoms with Crippen LogP contribution < -0.4 is 4.74 Å². The van der Waals surface area contributed by atoms with Crippen molar-refractivity contribution in [2.75, 3.05) is 0 Å². The van der Waals surface area contributed by atoms with E-state index in [-0.39, 0.29) is 17.9 Å². The quantitative estimate of drug-likeness (QED) is 0.651. The van der Waals surface area contributed by atoms with Gasteiger partial charge in [-0.1, -0.05) is 0 Å². The number of benzene rings is 1. The van der Waals surface area contributed by atoms with Crippen molar-refractivity contribution in [3.05, 3.63) is 58.2 Å². The van der Waals surface area contributed by atoms with Crippen LogP contribution in [0.3, 0.4) is 0 Å². The molecule has 2 aromatic rings. The van der Waals surface area contributed by atoms with Gasteiger partial charge in [-0.3, -0.25) is 10.1 Å². The summed E-state index contributed by atoms with van der Waals surface area (Å²) < 4.78 is 5.26. The third-order valence-electron chi connectivity index (χ3n) is 2.38. The largest absolute Gasteiger partial charge is 0.479 e. The second-order valence-corrected chi connectivity index (χ2v) is 3.70. The molecule has 0 atom stereocenters. The molecular formula is C12H9N3O5. The molecule has 102 valence electrons. The monoisotopic (exact) mass is 275 g/mol. The zero-order valence-electron chi connectivity index (χ0n) is 10.1. The second-order valence-electron chi connectivity index (χ2n) is 3.70. The van der Waals surface area contributed by atoms with Crippen molar-refractivity contribution >= 4 is 11.7 Å². The lowest BCUT2D eigenvalue weighted by molar-refractivity contribution is -0.386. The van der Waals surface area contributed by atoms with Gasteiger partial charge >= 0.3 is 11.7 Å². The molecule has 1 N–H and O–H groups in total. The minimum atomic E-state index is -1.24. The number of aromatic carboxylic acids is 1. The zero-order chi connectivity index (χ0) is 14.5. The Kier molecular flexibility index (Phi) is 3.85. The number of aromatic nitrogens is 2. The lowest BCUT2D eigenvalue weighted by Gasteiger charge is -2.06. The fraction of sp³-hybridized carbons (Fsp3) is 0.0833. The Labute approximate surface area is 112 Å². The maximum absolute atomic E-state index is 10.9. The van der Waals surface area contributed by atoms with Crippen LogP contribution in [0.1, 0.15) is 16.2 Å². The molecule has 0 aliphatic carbocycles. The molecule has 0 fully saturated rings. The predicted octanol–water partition coefficient (Wildman–Crippen LogP) is 1.66. The summed E-state index contributed by atoms with van der Waals surface area (Å²) in [6.07, 6.45) is 3.04. The number of nitro benzene ring substituents is 1. The fourth-order valence-corrected chi connectivity index (χ4v) is 1.46. The highest BCUT2D eigenvalue weighted by atomic mass is 16.6. The Balaban J connectivity index is 2.23. The van der Waals surface area contributed by atoms with Crippen LogP contribution in [-0.4, -0.2) is 26.0 Å². The Morgan fingerprint density at radius 3 is 2.65 bits per heavy atom. The molecule has 1 aromatic carbocycles. The highest BCUT2D eigenvalue weighted by Crippen LogP contribution is 2.28. The first-order chi connectivity index (χ1) is 9.58. The number of hydrogen-bond acceptors (Lipinski definition) is 6. The molecule has 0 bridgehead atoms. The van der Waals surface area contributed by atoms with Gasteiger partial charge in [0, 0.05) is 18.5 Å². The Bertz CT molecular complexity index is 645. The first kappa shape index (κ1) is 13.4. The average molecular weight is 275 g/mol. The lowest BCUT2D eigenvalue weighted by Crippen LogP contribution is -2.04. The van der Waals surface area contributed by atoms with Gasteiger partial charge in [0.15, 0.2) is 11.6 Å². The number of carboxylic acid groups (broad SMARTS) is 1. The van der Waals surface area contributed by atoms with E-state index in [9.17, 15) is 14.9 Å². The van der Waals surface area contributed by atoms with Crippen molar-refractivity contribution < 1.29 is 19.6 Å². The molecular weight excluding hydrogens is 266 g/mol. The van der Waals surface area contributed by atoms with Crippen molar-refractivity contribution in [3.63, 3.8) is 0 Å². The van der Waals surface area contributed by atoms with Gasteiger partial charge in [-0.05, 0) is 18.2 Å². The molecule has 20 heavy (non-hydrogen) atoms. The van der Waals surface area contributed by atoms with Crippen LogP contribution in [0.25, 0.3) is 0 Å². The van der Waals surface area contributed by atoms with Gasteiger partial charge in [-0.25, -0.2) is 14.8 Å². The predicted molar refractivity (Wildman–Crippen MR) is 66.4 cm³/mol. The van der Waals surface area contributed by atoms with Crippen LogP contribution in [0.5, 0.6) is 5.75 Å². The Morgan fingerprint density at radius 2 is 2.05 bits per heavy atom. The van der Waals surface area contributed by atoms with E-state index < -0.39 is 16.6 Å². The summed E-state index contributed by atoms with van der Waals surface area (Å²) in [5, 5.41) is 19.7. The summed E-state index contributed by atoms with van der Waals surface area (Å²) in [7, 11) is 0. The van der Waals surface area contributed by atoms with Crippen molar-refractivity contribution in [1.29, 1.82) is 0 Å². The fourth-order valence-electron chi connectivity index (χ4n) is 1.46. The summed E-state index contributed by atoms with van der Waals surface area (Å²) in [4.78, 5) is 28.8. The zero-order valence-corrected chi connectivity index (χ0v) is 10.1. The SMILES string of the molecule is O=C(O)c1ccc(OCc2ncccn2)c([N+](=O)[O-])c1. The summed E-state index contributed by atoms with van der Waals surface area (Å²) in [5.74, 6) is -0.914. The maximum atomic E-state index is 10.9. The van der Waals surface area contributed by atoms with E-state index in [1.165, 1.54) is 24.5 Å². The number of ether oxygens (including phenoxy) is 1. The second kappa shape index (κ2) is 5.74. The van der Waals surface area contributed by atoms with Crippen molar-refractivity contribution in [3.8, 4) is 5.75 Å². The number of nitro groups is 1. The van der Waals surface area contributed by atoms with Crippen LogP contribution in [0.4, 0.5) is 5.69 Å². The molecule has 8 nitrogen and oxygen atoms in total. The molecule has 2 rings (SSSR count). The molecule has 8 heteroatoms. The molecule has 0 unspecified atom stereocenters. The number of rotatable bonds is 5. The van der Waals surface area contributed by atoms with E-state index in [1.807, 2.05) is 0 Å². The first-order valence-corrected chi connectivity index (χ1v) is 5.48. The van der Waals surface area contributed by atoms with Crippen LogP contribution in [0, 0.1) is 10.1 Å². The van der Waals surface area contributed by atoms with E-state index in [1.54, 1.807) is 6.07 Å². The third kappa shape index (κ3) is 3.05. The van der Waals surface area contributed by atoms with Gasteiger partial charge in [-0.15, -0.1) is 0 Å². The van der Waals surface area contributed by atoms with Gasteiger partial charge in [-0.2, -0.15) is 0 Å². The summed E-state index contributed by atoms with van der Waals surface area (Å²) in [5.41, 5.74) is -0.596. The number of nitrogens with zero attached hydrogens (tertiary/aromatic N) is 3. The van der Waals surface area contributed by atoms with Crippen LogP contribution >= 0.6 is 0 Å². The number of hydrogen-bond donors (Lipinski definition) is 1. The minimum absolute atomic E-state index is 0.0348. The van der Waals surface area contributed by atoms with Crippen LogP contribution in [0.2, 0.25) is 0 Å². The third-order valence-corrected chi connectivity index (χ3v) is 2.38. The van der Waals surface area contributed by atoms with E-state index in [2.05, 4.69) is 9.97 Å². The van der Waals surface area contributed by atoms with Crippen molar-refractivity contribution in [2.24, 2.45) is 0 Å². The maximum Gasteiger partial charge on any atom is 0.335 e. The Hall–Kier alpha value is -3.03. The Morgan fingerprint density at radius 1 is 1.35 bits per heavy atom. The lowest BCUT2D eigenvalue weighted by atomic mass is 10.2. The van der Waals surface area contributed by atoms with E-state index in [0.29, 0.717) is 5.82 Å². The van der Waals surface area contributed by atoms with Gasteiger partial charge < -0.3 is 9.84 Å². The average Bonchev–Trinajstić information content (AvgIpc) is 2.45.